The van der Waals surface area contributed by atoms with Crippen molar-refractivity contribution >= 4 is 11.8 Å². The maximum atomic E-state index is 12.3. The van der Waals surface area contributed by atoms with Gasteiger partial charge in [0.05, 0.1) is 23.8 Å². The van der Waals surface area contributed by atoms with Crippen molar-refractivity contribution in [2.24, 2.45) is 5.92 Å². The average Bonchev–Trinajstić information content (AvgIpc) is 2.59. The number of nitrogens with zero attached hydrogens (tertiary/aromatic N) is 4. The van der Waals surface area contributed by atoms with Gasteiger partial charge in [-0.05, 0) is 19.8 Å². The molecule has 2 aromatic heterocycles. The Morgan fingerprint density at radius 1 is 0.880 bits per heavy atom. The highest BCUT2D eigenvalue weighted by Crippen LogP contribution is 2.03. The zero-order valence-corrected chi connectivity index (χ0v) is 14.8. The van der Waals surface area contributed by atoms with Crippen LogP contribution in [-0.4, -0.2) is 44.3 Å². The van der Waals surface area contributed by atoms with Crippen LogP contribution < -0.4 is 10.6 Å². The summed E-state index contributed by atoms with van der Waals surface area (Å²) in [6.45, 7) is 7.80. The molecule has 2 amide bonds. The molecule has 2 rings (SSSR count). The van der Waals surface area contributed by atoms with Gasteiger partial charge in [0, 0.05) is 25.0 Å². The first-order valence-electron chi connectivity index (χ1n) is 8.03. The Bertz CT molecular complexity index is 728. The second-order valence-corrected chi connectivity index (χ2v) is 6.12. The summed E-state index contributed by atoms with van der Waals surface area (Å²) in [5.74, 6) is -0.537. The van der Waals surface area contributed by atoms with Crippen LogP contribution in [0.1, 0.15) is 46.2 Å². The Hall–Kier alpha value is -2.90. The van der Waals surface area contributed by atoms with Crippen molar-refractivity contribution in [1.82, 2.24) is 30.6 Å². The van der Waals surface area contributed by atoms with Crippen molar-refractivity contribution in [2.45, 2.75) is 33.7 Å². The van der Waals surface area contributed by atoms with Crippen LogP contribution >= 0.6 is 0 Å². The molecule has 2 heterocycles. The molecular weight excluding hydrogens is 320 g/mol. The van der Waals surface area contributed by atoms with Gasteiger partial charge in [-0.25, -0.2) is 9.97 Å². The number of hydrogen-bond acceptors (Lipinski definition) is 6. The van der Waals surface area contributed by atoms with Crippen molar-refractivity contribution in [1.29, 1.82) is 0 Å². The minimum atomic E-state index is -0.331. The Morgan fingerprint density at radius 2 is 1.40 bits per heavy atom. The summed E-state index contributed by atoms with van der Waals surface area (Å²) in [6.07, 6.45) is 5.93. The lowest BCUT2D eigenvalue weighted by Gasteiger charge is -2.22. The van der Waals surface area contributed by atoms with Crippen LogP contribution in [0.4, 0.5) is 0 Å². The van der Waals surface area contributed by atoms with Crippen LogP contribution in [0.15, 0.2) is 24.8 Å². The quantitative estimate of drug-likeness (QED) is 0.812. The average molecular weight is 342 g/mol. The van der Waals surface area contributed by atoms with E-state index >= 15 is 0 Å². The third kappa shape index (κ3) is 5.30. The van der Waals surface area contributed by atoms with E-state index in [-0.39, 0.29) is 41.7 Å². The van der Waals surface area contributed by atoms with Gasteiger partial charge in [0.2, 0.25) is 0 Å². The highest BCUT2D eigenvalue weighted by Gasteiger charge is 2.19. The van der Waals surface area contributed by atoms with Crippen LogP contribution in [0.2, 0.25) is 0 Å². The largest absolute Gasteiger partial charge is 0.349 e. The van der Waals surface area contributed by atoms with E-state index in [1.54, 1.807) is 13.8 Å². The Kier molecular flexibility index (Phi) is 6.10. The van der Waals surface area contributed by atoms with E-state index in [9.17, 15) is 9.59 Å². The van der Waals surface area contributed by atoms with Gasteiger partial charge in [-0.1, -0.05) is 13.8 Å². The number of hydrogen-bond donors (Lipinski definition) is 2. The van der Waals surface area contributed by atoms with E-state index < -0.39 is 0 Å². The van der Waals surface area contributed by atoms with Gasteiger partial charge >= 0.3 is 0 Å². The number of nitrogens with one attached hydrogen (secondary N) is 2. The predicted molar refractivity (Wildman–Crippen MR) is 92.0 cm³/mol. The van der Waals surface area contributed by atoms with E-state index in [1.165, 1.54) is 24.8 Å². The van der Waals surface area contributed by atoms with Crippen molar-refractivity contribution in [2.75, 3.05) is 6.54 Å². The first kappa shape index (κ1) is 18.4. The zero-order chi connectivity index (χ0) is 18.4. The Balaban J connectivity index is 1.96. The second kappa shape index (κ2) is 8.27. The fourth-order valence-electron chi connectivity index (χ4n) is 2.01. The van der Waals surface area contributed by atoms with Gasteiger partial charge in [0.15, 0.2) is 0 Å². The molecule has 1 atom stereocenters. The lowest BCUT2D eigenvalue weighted by atomic mass is 10.0. The van der Waals surface area contributed by atoms with Crippen LogP contribution in [-0.2, 0) is 0 Å². The highest BCUT2D eigenvalue weighted by atomic mass is 16.2. The zero-order valence-electron chi connectivity index (χ0n) is 14.8. The van der Waals surface area contributed by atoms with Crippen molar-refractivity contribution in [3.63, 3.8) is 0 Å². The molecule has 0 saturated heterocycles. The topological polar surface area (TPSA) is 110 Å². The number of carbonyl (C=O) groups is 2. The molecule has 0 aliphatic carbocycles. The molecule has 0 radical (unpaired) electrons. The maximum absolute atomic E-state index is 12.3. The van der Waals surface area contributed by atoms with Gasteiger partial charge in [0.25, 0.3) is 11.8 Å². The van der Waals surface area contributed by atoms with E-state index in [0.717, 1.165) is 11.4 Å². The lowest BCUT2D eigenvalue weighted by Crippen LogP contribution is -2.47. The number of rotatable bonds is 6. The van der Waals surface area contributed by atoms with Gasteiger partial charge in [-0.3, -0.25) is 19.6 Å². The first-order valence-corrected chi connectivity index (χ1v) is 8.03. The van der Waals surface area contributed by atoms with Crippen LogP contribution in [0.25, 0.3) is 0 Å². The minimum absolute atomic E-state index is 0.117. The van der Waals surface area contributed by atoms with E-state index in [4.69, 9.17) is 0 Å². The molecule has 0 aliphatic heterocycles. The standard InChI is InChI=1S/C17H22N6O2/c1-10(2)13(23-17(25)15-9-19-12(4)6-21-15)7-22-16(24)14-8-18-11(3)5-20-14/h5-6,8-10,13H,7H2,1-4H3,(H,22,24)(H,23,25)/t13-/m1/s1. The normalized spacial score (nSPS) is 11.9. The molecule has 0 aromatic carbocycles. The Labute approximate surface area is 146 Å². The van der Waals surface area contributed by atoms with Crippen molar-refractivity contribution in [3.05, 3.63) is 47.6 Å². The molecule has 0 bridgehead atoms. The van der Waals surface area contributed by atoms with Gasteiger partial charge < -0.3 is 10.6 Å². The summed E-state index contributed by atoms with van der Waals surface area (Å²) < 4.78 is 0. The van der Waals surface area contributed by atoms with Crippen molar-refractivity contribution in [3.8, 4) is 0 Å². The fraction of sp³-hybridized carbons (Fsp3) is 0.412. The molecular formula is C17H22N6O2. The molecule has 2 N–H and O–H groups in total. The molecule has 8 nitrogen and oxygen atoms in total. The predicted octanol–water partition coefficient (Wildman–Crippen LogP) is 1.07. The molecule has 2 aromatic rings. The SMILES string of the molecule is Cc1cnc(C(=O)NC[C@@H](NC(=O)c2cnc(C)cn2)C(C)C)cn1. The minimum Gasteiger partial charge on any atom is -0.349 e. The third-order valence-electron chi connectivity index (χ3n) is 3.63. The van der Waals surface area contributed by atoms with Gasteiger partial charge in [-0.15, -0.1) is 0 Å². The summed E-state index contributed by atoms with van der Waals surface area (Å²) in [7, 11) is 0. The monoisotopic (exact) mass is 342 g/mol. The van der Waals surface area contributed by atoms with E-state index in [1.807, 2.05) is 13.8 Å². The fourth-order valence-corrected chi connectivity index (χ4v) is 2.01. The summed E-state index contributed by atoms with van der Waals surface area (Å²) in [4.78, 5) is 40.6. The smallest absolute Gasteiger partial charge is 0.271 e. The summed E-state index contributed by atoms with van der Waals surface area (Å²) >= 11 is 0. The van der Waals surface area contributed by atoms with Crippen LogP contribution in [0.5, 0.6) is 0 Å². The van der Waals surface area contributed by atoms with Gasteiger partial charge in [-0.2, -0.15) is 0 Å². The summed E-state index contributed by atoms with van der Waals surface area (Å²) in [6, 6.07) is -0.252. The Morgan fingerprint density at radius 3 is 1.84 bits per heavy atom. The van der Waals surface area contributed by atoms with E-state index in [2.05, 4.69) is 30.6 Å². The maximum Gasteiger partial charge on any atom is 0.271 e. The molecule has 0 saturated carbocycles. The molecule has 132 valence electrons. The summed E-state index contributed by atoms with van der Waals surface area (Å²) in [5, 5.41) is 5.65. The molecule has 25 heavy (non-hydrogen) atoms. The highest BCUT2D eigenvalue weighted by molar-refractivity contribution is 5.93. The second-order valence-electron chi connectivity index (χ2n) is 6.12. The number of carbonyl (C=O) groups excluding carboxylic acids is 2. The van der Waals surface area contributed by atoms with Crippen molar-refractivity contribution < 1.29 is 9.59 Å². The molecule has 0 unspecified atom stereocenters. The van der Waals surface area contributed by atoms with Crippen LogP contribution in [0, 0.1) is 19.8 Å². The lowest BCUT2D eigenvalue weighted by molar-refractivity contribution is 0.0891. The molecule has 0 spiro atoms. The molecule has 8 heteroatoms. The van der Waals surface area contributed by atoms with Gasteiger partial charge in [0.1, 0.15) is 11.4 Å². The number of aryl methyl sites for hydroxylation is 2. The third-order valence-corrected chi connectivity index (χ3v) is 3.63. The molecule has 0 fully saturated rings. The molecule has 0 aliphatic rings. The first-order chi connectivity index (χ1) is 11.9. The summed E-state index contributed by atoms with van der Waals surface area (Å²) in [5.41, 5.74) is 1.96. The van der Waals surface area contributed by atoms with Crippen LogP contribution in [0.3, 0.4) is 0 Å². The van der Waals surface area contributed by atoms with E-state index in [0.29, 0.717) is 0 Å². The number of aromatic nitrogens is 4. The number of amides is 2.